The molecule has 0 radical (unpaired) electrons. The van der Waals surface area contributed by atoms with Crippen LogP contribution >= 0.6 is 11.3 Å². The molecule has 0 N–H and O–H groups in total. The number of esters is 1. The van der Waals surface area contributed by atoms with Gasteiger partial charge in [0.05, 0.1) is 32.0 Å². The Kier molecular flexibility index (Phi) is 4.71. The van der Waals surface area contributed by atoms with Gasteiger partial charge in [0.1, 0.15) is 0 Å². The Morgan fingerprint density at radius 3 is 2.32 bits per heavy atom. The van der Waals surface area contributed by atoms with Crippen LogP contribution in [0.15, 0.2) is 28.2 Å². The number of cyclic esters (lactones) is 1. The number of thiazole rings is 1. The Hall–Kier alpha value is -2.87. The van der Waals surface area contributed by atoms with Gasteiger partial charge in [-0.2, -0.15) is 0 Å². The van der Waals surface area contributed by atoms with E-state index in [9.17, 15) is 4.79 Å². The Morgan fingerprint density at radius 1 is 1.12 bits per heavy atom. The van der Waals surface area contributed by atoms with Gasteiger partial charge < -0.3 is 18.9 Å². The Morgan fingerprint density at radius 2 is 1.80 bits per heavy atom. The molecule has 0 saturated carbocycles. The van der Waals surface area contributed by atoms with E-state index in [2.05, 4.69) is 9.98 Å². The first kappa shape index (κ1) is 17.0. The maximum Gasteiger partial charge on any atom is 0.363 e. The predicted molar refractivity (Wildman–Crippen MR) is 93.6 cm³/mol. The van der Waals surface area contributed by atoms with Crippen LogP contribution in [0, 0.1) is 6.92 Å². The number of aryl methyl sites for hydroxylation is 1. The fourth-order valence-electron chi connectivity index (χ4n) is 2.32. The van der Waals surface area contributed by atoms with Gasteiger partial charge in [0.25, 0.3) is 0 Å². The van der Waals surface area contributed by atoms with Gasteiger partial charge in [-0.1, -0.05) is 0 Å². The first-order valence-corrected chi connectivity index (χ1v) is 8.18. The van der Waals surface area contributed by atoms with Crippen molar-refractivity contribution in [3.8, 4) is 17.2 Å². The van der Waals surface area contributed by atoms with Crippen molar-refractivity contribution in [1.29, 1.82) is 0 Å². The highest BCUT2D eigenvalue weighted by molar-refractivity contribution is 7.09. The van der Waals surface area contributed by atoms with Crippen LogP contribution in [0.3, 0.4) is 0 Å². The van der Waals surface area contributed by atoms with E-state index < -0.39 is 5.97 Å². The first-order valence-electron chi connectivity index (χ1n) is 7.30. The molecule has 25 heavy (non-hydrogen) atoms. The van der Waals surface area contributed by atoms with Crippen LogP contribution in [-0.2, 0) is 9.53 Å². The van der Waals surface area contributed by atoms with Crippen molar-refractivity contribution in [3.05, 3.63) is 39.5 Å². The maximum absolute atomic E-state index is 12.1. The fourth-order valence-corrected chi connectivity index (χ4v) is 2.89. The molecule has 1 aliphatic rings. The number of rotatable bonds is 5. The van der Waals surface area contributed by atoms with E-state index in [1.165, 1.54) is 32.7 Å². The summed E-state index contributed by atoms with van der Waals surface area (Å²) in [5.74, 6) is 0.982. The molecular weight excluding hydrogens is 344 g/mol. The summed E-state index contributed by atoms with van der Waals surface area (Å²) in [6, 6.07) is 3.34. The Balaban J connectivity index is 2.00. The lowest BCUT2D eigenvalue weighted by Gasteiger charge is -2.13. The summed E-state index contributed by atoms with van der Waals surface area (Å²) < 4.78 is 21.2. The zero-order valence-electron chi connectivity index (χ0n) is 14.2. The summed E-state index contributed by atoms with van der Waals surface area (Å²) in [5.41, 5.74) is 1.40. The number of hydrogen-bond acceptors (Lipinski definition) is 8. The van der Waals surface area contributed by atoms with Crippen molar-refractivity contribution in [2.75, 3.05) is 21.3 Å². The summed E-state index contributed by atoms with van der Waals surface area (Å²) in [4.78, 5) is 20.6. The summed E-state index contributed by atoms with van der Waals surface area (Å²) >= 11 is 1.50. The van der Waals surface area contributed by atoms with E-state index in [0.29, 0.717) is 28.5 Å². The van der Waals surface area contributed by atoms with Gasteiger partial charge in [0, 0.05) is 10.9 Å². The van der Waals surface area contributed by atoms with Crippen LogP contribution in [0.2, 0.25) is 0 Å². The molecule has 0 spiro atoms. The van der Waals surface area contributed by atoms with Crippen LogP contribution in [0.4, 0.5) is 0 Å². The molecule has 1 aromatic heterocycles. The van der Waals surface area contributed by atoms with Gasteiger partial charge in [0.2, 0.25) is 11.6 Å². The summed E-state index contributed by atoms with van der Waals surface area (Å²) in [5, 5.41) is 2.76. The standard InChI is InChI=1S/C17H16N2O5S/c1-9-18-11(8-25-9)7-12-17(20)24-16(19-12)10-5-13(21-2)15(23-4)14(6-10)22-3/h5-8H,1-4H3/b12-7-. The molecule has 0 amide bonds. The third-order valence-corrected chi connectivity index (χ3v) is 4.25. The highest BCUT2D eigenvalue weighted by Gasteiger charge is 2.26. The second-order valence-electron chi connectivity index (χ2n) is 5.04. The fraction of sp³-hybridized carbons (Fsp3) is 0.235. The molecule has 3 rings (SSSR count). The molecule has 0 saturated heterocycles. The molecule has 2 heterocycles. The van der Waals surface area contributed by atoms with E-state index in [4.69, 9.17) is 18.9 Å². The van der Waals surface area contributed by atoms with Crippen LogP contribution in [0.1, 0.15) is 16.3 Å². The van der Waals surface area contributed by atoms with Crippen molar-refractivity contribution in [1.82, 2.24) is 4.98 Å². The number of ether oxygens (including phenoxy) is 4. The third kappa shape index (κ3) is 3.34. The quantitative estimate of drug-likeness (QED) is 0.603. The average molecular weight is 360 g/mol. The normalized spacial score (nSPS) is 15.1. The molecule has 0 fully saturated rings. The minimum Gasteiger partial charge on any atom is -0.493 e. The molecule has 7 nitrogen and oxygen atoms in total. The zero-order valence-corrected chi connectivity index (χ0v) is 15.0. The second kappa shape index (κ2) is 6.94. The van der Waals surface area contributed by atoms with Gasteiger partial charge in [-0.15, -0.1) is 11.3 Å². The van der Waals surface area contributed by atoms with Gasteiger partial charge in [-0.05, 0) is 25.1 Å². The van der Waals surface area contributed by atoms with Crippen LogP contribution in [0.5, 0.6) is 17.2 Å². The number of carbonyl (C=O) groups excluding carboxylic acids is 1. The molecule has 1 aromatic carbocycles. The van der Waals surface area contributed by atoms with E-state index in [-0.39, 0.29) is 11.6 Å². The molecule has 2 aromatic rings. The Bertz CT molecular complexity index is 860. The van der Waals surface area contributed by atoms with Crippen LogP contribution < -0.4 is 14.2 Å². The van der Waals surface area contributed by atoms with Crippen LogP contribution in [0.25, 0.3) is 6.08 Å². The third-order valence-electron chi connectivity index (χ3n) is 3.45. The number of benzene rings is 1. The monoisotopic (exact) mass is 360 g/mol. The number of aromatic nitrogens is 1. The van der Waals surface area contributed by atoms with Gasteiger partial charge in [-0.25, -0.2) is 14.8 Å². The Labute approximate surface area is 148 Å². The van der Waals surface area contributed by atoms with E-state index in [1.54, 1.807) is 18.2 Å². The zero-order chi connectivity index (χ0) is 18.0. The topological polar surface area (TPSA) is 79.2 Å². The van der Waals surface area contributed by atoms with E-state index >= 15 is 0 Å². The first-order chi connectivity index (χ1) is 12.0. The van der Waals surface area contributed by atoms with Crippen LogP contribution in [-0.4, -0.2) is 38.2 Å². The van der Waals surface area contributed by atoms with E-state index in [0.717, 1.165) is 5.01 Å². The second-order valence-corrected chi connectivity index (χ2v) is 6.10. The van der Waals surface area contributed by atoms with Gasteiger partial charge in [-0.3, -0.25) is 0 Å². The SMILES string of the molecule is COc1cc(C2=N/C(=C\c3csc(C)n3)C(=O)O2)cc(OC)c1OC. The molecule has 0 atom stereocenters. The minimum absolute atomic E-state index is 0.169. The molecule has 130 valence electrons. The number of hydrogen-bond donors (Lipinski definition) is 0. The minimum atomic E-state index is -0.533. The van der Waals surface area contributed by atoms with Crippen molar-refractivity contribution < 1.29 is 23.7 Å². The van der Waals surface area contributed by atoms with Gasteiger partial charge >= 0.3 is 5.97 Å². The smallest absolute Gasteiger partial charge is 0.363 e. The molecule has 8 heteroatoms. The van der Waals surface area contributed by atoms with E-state index in [1.807, 2.05) is 12.3 Å². The highest BCUT2D eigenvalue weighted by atomic mass is 32.1. The molecular formula is C17H16N2O5S. The number of nitrogens with zero attached hydrogens (tertiary/aromatic N) is 2. The summed E-state index contributed by atoms with van der Waals surface area (Å²) in [7, 11) is 4.54. The largest absolute Gasteiger partial charge is 0.493 e. The van der Waals surface area contributed by atoms with Crippen molar-refractivity contribution in [3.63, 3.8) is 0 Å². The van der Waals surface area contributed by atoms with Crippen molar-refractivity contribution in [2.24, 2.45) is 4.99 Å². The average Bonchev–Trinajstić information content (AvgIpc) is 3.19. The van der Waals surface area contributed by atoms with Crippen molar-refractivity contribution in [2.45, 2.75) is 6.92 Å². The maximum atomic E-state index is 12.1. The highest BCUT2D eigenvalue weighted by Crippen LogP contribution is 2.39. The molecule has 0 bridgehead atoms. The predicted octanol–water partition coefficient (Wildman–Crippen LogP) is 2.82. The number of methoxy groups -OCH3 is 3. The molecule has 0 aliphatic carbocycles. The lowest BCUT2D eigenvalue weighted by molar-refractivity contribution is -0.129. The lowest BCUT2D eigenvalue weighted by atomic mass is 10.2. The number of aliphatic imine (C=N–C) groups is 1. The van der Waals surface area contributed by atoms with Crippen molar-refractivity contribution >= 4 is 29.3 Å². The summed E-state index contributed by atoms with van der Waals surface area (Å²) in [6.45, 7) is 1.89. The summed E-state index contributed by atoms with van der Waals surface area (Å²) in [6.07, 6.45) is 1.59. The number of carbonyl (C=O) groups is 1. The molecule has 0 unspecified atom stereocenters. The van der Waals surface area contributed by atoms with Gasteiger partial charge in [0.15, 0.2) is 17.2 Å². The molecule has 1 aliphatic heterocycles. The lowest BCUT2D eigenvalue weighted by Crippen LogP contribution is -2.06.